The fraction of sp³-hybridized carbons (Fsp3) is 0.348. The topological polar surface area (TPSA) is 51.4 Å². The van der Waals surface area contributed by atoms with Crippen molar-refractivity contribution in [3.8, 4) is 5.75 Å². The maximum atomic E-state index is 6.30. The third-order valence-corrected chi connectivity index (χ3v) is 5.31. The summed E-state index contributed by atoms with van der Waals surface area (Å²) in [5.41, 5.74) is 7.36. The minimum atomic E-state index is 0.257. The molecule has 4 nitrogen and oxygen atoms in total. The number of aromatic nitrogens is 1. The van der Waals surface area contributed by atoms with Gasteiger partial charge in [0.1, 0.15) is 17.7 Å². The van der Waals surface area contributed by atoms with Crippen molar-refractivity contribution < 1.29 is 4.74 Å². The molecule has 1 aliphatic heterocycles. The lowest BCUT2D eigenvalue weighted by molar-refractivity contribution is 0.0880. The molecule has 1 aromatic heterocycles. The highest BCUT2D eigenvalue weighted by atomic mass is 16.5. The quantitative estimate of drug-likeness (QED) is 0.711. The number of rotatable bonds is 6. The molecule has 0 saturated carbocycles. The lowest BCUT2D eigenvalue weighted by Crippen LogP contribution is -2.41. The lowest BCUT2D eigenvalue weighted by atomic mass is 10.1. The molecular formula is C23H27N3O. The van der Waals surface area contributed by atoms with Gasteiger partial charge in [-0.1, -0.05) is 30.3 Å². The van der Waals surface area contributed by atoms with Gasteiger partial charge in [-0.3, -0.25) is 4.90 Å². The number of aryl methyl sites for hydroxylation is 1. The van der Waals surface area contributed by atoms with Crippen LogP contribution in [0.1, 0.15) is 24.8 Å². The Kier molecular flexibility index (Phi) is 5.54. The second kappa shape index (κ2) is 8.40. The predicted octanol–water partition coefficient (Wildman–Crippen LogP) is 4.29. The largest absolute Gasteiger partial charge is 0.489 e. The van der Waals surface area contributed by atoms with Gasteiger partial charge in [-0.2, -0.15) is 0 Å². The Bertz CT molecular complexity index is 881. The second-order valence-electron chi connectivity index (χ2n) is 7.35. The van der Waals surface area contributed by atoms with Crippen molar-refractivity contribution >= 4 is 16.6 Å². The van der Waals surface area contributed by atoms with Crippen LogP contribution in [0.4, 0.5) is 5.82 Å². The molecule has 1 fully saturated rings. The lowest BCUT2D eigenvalue weighted by Gasteiger charge is -2.33. The van der Waals surface area contributed by atoms with E-state index in [0.717, 1.165) is 42.5 Å². The van der Waals surface area contributed by atoms with E-state index in [2.05, 4.69) is 46.3 Å². The van der Waals surface area contributed by atoms with Crippen molar-refractivity contribution in [1.29, 1.82) is 0 Å². The van der Waals surface area contributed by atoms with Gasteiger partial charge in [-0.15, -0.1) is 0 Å². The number of pyridine rings is 1. The summed E-state index contributed by atoms with van der Waals surface area (Å²) < 4.78 is 6.30. The molecule has 1 unspecified atom stereocenters. The monoisotopic (exact) mass is 361 g/mol. The number of nitrogens with two attached hydrogens (primary N) is 1. The first-order valence-electron chi connectivity index (χ1n) is 9.85. The summed E-state index contributed by atoms with van der Waals surface area (Å²) in [6.07, 6.45) is 6.65. The Morgan fingerprint density at radius 2 is 2.00 bits per heavy atom. The number of piperidine rings is 1. The number of anilines is 1. The Balaban J connectivity index is 1.32. The Labute approximate surface area is 161 Å². The van der Waals surface area contributed by atoms with Crippen molar-refractivity contribution in [1.82, 2.24) is 9.88 Å². The summed E-state index contributed by atoms with van der Waals surface area (Å²) in [5.74, 6) is 1.49. The van der Waals surface area contributed by atoms with Crippen LogP contribution in [0, 0.1) is 0 Å². The molecule has 0 radical (unpaired) electrons. The molecule has 3 aromatic rings. The van der Waals surface area contributed by atoms with Crippen LogP contribution in [0.2, 0.25) is 0 Å². The molecule has 4 rings (SSSR count). The Hall–Kier alpha value is -2.59. The highest BCUT2D eigenvalue weighted by Gasteiger charge is 2.21. The van der Waals surface area contributed by atoms with Crippen LogP contribution in [-0.4, -0.2) is 35.6 Å². The van der Waals surface area contributed by atoms with Crippen molar-refractivity contribution in [2.45, 2.75) is 31.8 Å². The van der Waals surface area contributed by atoms with Crippen molar-refractivity contribution in [3.63, 3.8) is 0 Å². The van der Waals surface area contributed by atoms with Crippen molar-refractivity contribution in [3.05, 3.63) is 66.4 Å². The number of nitrogen functional groups attached to an aromatic ring is 1. The van der Waals surface area contributed by atoms with E-state index in [1.807, 2.05) is 18.2 Å². The minimum Gasteiger partial charge on any atom is -0.489 e. The number of likely N-dealkylation sites (tertiary alicyclic amines) is 1. The van der Waals surface area contributed by atoms with Gasteiger partial charge < -0.3 is 10.5 Å². The Morgan fingerprint density at radius 3 is 2.89 bits per heavy atom. The molecule has 140 valence electrons. The summed E-state index contributed by atoms with van der Waals surface area (Å²) in [6.45, 7) is 3.31. The van der Waals surface area contributed by atoms with E-state index in [0.29, 0.717) is 5.82 Å². The second-order valence-corrected chi connectivity index (χ2v) is 7.35. The standard InChI is InChI=1S/C23H27N3O/c24-23-22-11-10-20(16-19(22)12-13-25-23)27-21-9-5-15-26(17-21)14-4-8-18-6-2-1-3-7-18/h1-3,6-7,10-13,16,21H,4-5,8-9,14-15,17H2,(H2,24,25). The summed E-state index contributed by atoms with van der Waals surface area (Å²) >= 11 is 0. The highest BCUT2D eigenvalue weighted by molar-refractivity contribution is 5.91. The fourth-order valence-corrected chi connectivity index (χ4v) is 3.91. The summed E-state index contributed by atoms with van der Waals surface area (Å²) in [5, 5.41) is 2.06. The molecule has 2 N–H and O–H groups in total. The van der Waals surface area contributed by atoms with Crippen LogP contribution in [-0.2, 0) is 6.42 Å². The Morgan fingerprint density at radius 1 is 1.11 bits per heavy atom. The van der Waals surface area contributed by atoms with E-state index in [4.69, 9.17) is 10.5 Å². The molecule has 1 aliphatic rings. The van der Waals surface area contributed by atoms with E-state index in [9.17, 15) is 0 Å². The van der Waals surface area contributed by atoms with Gasteiger partial charge in [0.15, 0.2) is 0 Å². The maximum absolute atomic E-state index is 6.30. The number of hydrogen-bond donors (Lipinski definition) is 1. The number of benzene rings is 2. The normalized spacial score (nSPS) is 17.9. The highest BCUT2D eigenvalue weighted by Crippen LogP contribution is 2.26. The molecule has 0 bridgehead atoms. The number of ether oxygens (including phenoxy) is 1. The molecule has 2 heterocycles. The fourth-order valence-electron chi connectivity index (χ4n) is 3.91. The van der Waals surface area contributed by atoms with Gasteiger partial charge in [0, 0.05) is 18.1 Å². The van der Waals surface area contributed by atoms with E-state index in [1.165, 1.54) is 24.9 Å². The van der Waals surface area contributed by atoms with Gasteiger partial charge >= 0.3 is 0 Å². The molecule has 4 heteroatoms. The zero-order valence-electron chi connectivity index (χ0n) is 15.7. The molecule has 1 atom stereocenters. The van der Waals surface area contributed by atoms with Gasteiger partial charge in [-0.25, -0.2) is 4.98 Å². The zero-order chi connectivity index (χ0) is 18.5. The summed E-state index contributed by atoms with van der Waals surface area (Å²) in [4.78, 5) is 6.69. The summed E-state index contributed by atoms with van der Waals surface area (Å²) in [7, 11) is 0. The molecule has 0 spiro atoms. The van der Waals surface area contributed by atoms with E-state index < -0.39 is 0 Å². The van der Waals surface area contributed by atoms with Gasteiger partial charge in [-0.05, 0) is 74.0 Å². The van der Waals surface area contributed by atoms with Crippen LogP contribution >= 0.6 is 0 Å². The van der Waals surface area contributed by atoms with Crippen molar-refractivity contribution in [2.24, 2.45) is 0 Å². The summed E-state index contributed by atoms with van der Waals surface area (Å²) in [6, 6.07) is 18.8. The smallest absolute Gasteiger partial charge is 0.131 e. The van der Waals surface area contributed by atoms with Gasteiger partial charge in [0.05, 0.1) is 0 Å². The third kappa shape index (κ3) is 4.58. The minimum absolute atomic E-state index is 0.257. The molecule has 27 heavy (non-hydrogen) atoms. The maximum Gasteiger partial charge on any atom is 0.131 e. The zero-order valence-corrected chi connectivity index (χ0v) is 15.7. The molecular weight excluding hydrogens is 334 g/mol. The first-order chi connectivity index (χ1) is 13.3. The molecule has 0 amide bonds. The van der Waals surface area contributed by atoms with Crippen LogP contribution in [0.25, 0.3) is 10.8 Å². The van der Waals surface area contributed by atoms with E-state index in [1.54, 1.807) is 6.20 Å². The van der Waals surface area contributed by atoms with E-state index in [-0.39, 0.29) is 6.10 Å². The van der Waals surface area contributed by atoms with Crippen LogP contribution < -0.4 is 10.5 Å². The molecule has 0 aliphatic carbocycles. The van der Waals surface area contributed by atoms with Gasteiger partial charge in [0.25, 0.3) is 0 Å². The first kappa shape index (κ1) is 17.8. The number of fused-ring (bicyclic) bond motifs is 1. The van der Waals surface area contributed by atoms with Crippen molar-refractivity contribution in [2.75, 3.05) is 25.4 Å². The predicted molar refractivity (Wildman–Crippen MR) is 111 cm³/mol. The van der Waals surface area contributed by atoms with Crippen LogP contribution in [0.3, 0.4) is 0 Å². The van der Waals surface area contributed by atoms with E-state index >= 15 is 0 Å². The average Bonchev–Trinajstić information content (AvgIpc) is 2.69. The van der Waals surface area contributed by atoms with Gasteiger partial charge in [0.2, 0.25) is 0 Å². The number of nitrogens with zero attached hydrogens (tertiary/aromatic N) is 2. The first-order valence-corrected chi connectivity index (χ1v) is 9.85. The molecule has 2 aromatic carbocycles. The van der Waals surface area contributed by atoms with Crippen LogP contribution in [0.5, 0.6) is 5.75 Å². The number of hydrogen-bond acceptors (Lipinski definition) is 4. The molecule has 1 saturated heterocycles. The van der Waals surface area contributed by atoms with Crippen LogP contribution in [0.15, 0.2) is 60.8 Å². The average molecular weight is 361 g/mol. The SMILES string of the molecule is Nc1nccc2cc(OC3CCCN(CCCc4ccccc4)C3)ccc12. The third-order valence-electron chi connectivity index (χ3n) is 5.31.